The van der Waals surface area contributed by atoms with Crippen molar-refractivity contribution in [3.8, 4) is 0 Å². The Morgan fingerprint density at radius 3 is 2.08 bits per heavy atom. The number of furan rings is 2. The van der Waals surface area contributed by atoms with Crippen molar-refractivity contribution in [2.45, 2.75) is 20.0 Å². The Balaban J connectivity index is 1.69. The van der Waals surface area contributed by atoms with E-state index in [-0.39, 0.29) is 18.2 Å². The highest BCUT2D eigenvalue weighted by atomic mass is 16.3. The predicted octanol–water partition coefficient (Wildman–Crippen LogP) is 3.72. The summed E-state index contributed by atoms with van der Waals surface area (Å²) in [5.74, 6) is 1.21. The second kappa shape index (κ2) is 8.31. The van der Waals surface area contributed by atoms with Crippen molar-refractivity contribution >= 4 is 17.4 Å². The maximum Gasteiger partial charge on any atom is 0.238 e. The Labute approximate surface area is 151 Å². The van der Waals surface area contributed by atoms with E-state index in [9.17, 15) is 9.59 Å². The van der Waals surface area contributed by atoms with Gasteiger partial charge in [0.15, 0.2) is 5.78 Å². The van der Waals surface area contributed by atoms with Crippen LogP contribution < -0.4 is 5.32 Å². The third-order valence-corrected chi connectivity index (χ3v) is 3.87. The molecule has 6 nitrogen and oxygen atoms in total. The molecule has 0 aliphatic heterocycles. The number of benzene rings is 1. The Morgan fingerprint density at radius 1 is 0.923 bits per heavy atom. The number of hydrogen-bond acceptors (Lipinski definition) is 5. The van der Waals surface area contributed by atoms with E-state index in [2.05, 4.69) is 5.32 Å². The summed E-state index contributed by atoms with van der Waals surface area (Å²) < 4.78 is 10.8. The second-order valence-electron chi connectivity index (χ2n) is 5.95. The molecule has 3 aromatic rings. The van der Waals surface area contributed by atoms with Crippen LogP contribution in [0.25, 0.3) is 0 Å². The van der Waals surface area contributed by atoms with Gasteiger partial charge in [0, 0.05) is 5.56 Å². The molecule has 1 amide bonds. The molecule has 0 bridgehead atoms. The first-order valence-electron chi connectivity index (χ1n) is 8.29. The summed E-state index contributed by atoms with van der Waals surface area (Å²) in [4.78, 5) is 26.1. The monoisotopic (exact) mass is 352 g/mol. The number of hydrogen-bond donors (Lipinski definition) is 1. The van der Waals surface area contributed by atoms with E-state index in [0.29, 0.717) is 24.3 Å². The van der Waals surface area contributed by atoms with Gasteiger partial charge in [-0.25, -0.2) is 0 Å². The van der Waals surface area contributed by atoms with Gasteiger partial charge < -0.3 is 14.2 Å². The minimum absolute atomic E-state index is 0.0936. The number of ketones is 1. The number of anilines is 1. The van der Waals surface area contributed by atoms with E-state index >= 15 is 0 Å². The lowest BCUT2D eigenvalue weighted by Crippen LogP contribution is -2.32. The summed E-state index contributed by atoms with van der Waals surface area (Å²) in [5.41, 5.74) is 1.01. The van der Waals surface area contributed by atoms with Crippen LogP contribution in [0.3, 0.4) is 0 Å². The van der Waals surface area contributed by atoms with Crippen molar-refractivity contribution in [2.24, 2.45) is 0 Å². The fourth-order valence-electron chi connectivity index (χ4n) is 2.71. The molecule has 134 valence electrons. The largest absolute Gasteiger partial charge is 0.468 e. The van der Waals surface area contributed by atoms with Gasteiger partial charge >= 0.3 is 0 Å². The van der Waals surface area contributed by atoms with E-state index in [1.54, 1.807) is 36.8 Å². The van der Waals surface area contributed by atoms with Crippen LogP contribution in [0.1, 0.15) is 28.8 Å². The molecular weight excluding hydrogens is 332 g/mol. The summed E-state index contributed by atoms with van der Waals surface area (Å²) in [6, 6.07) is 14.3. The first kappa shape index (κ1) is 17.7. The maximum absolute atomic E-state index is 12.5. The van der Waals surface area contributed by atoms with Crippen LogP contribution in [0.2, 0.25) is 0 Å². The zero-order chi connectivity index (χ0) is 18.4. The molecule has 0 saturated carbocycles. The van der Waals surface area contributed by atoms with Gasteiger partial charge in [-0.3, -0.25) is 14.5 Å². The van der Waals surface area contributed by atoms with Crippen LogP contribution in [-0.2, 0) is 17.9 Å². The highest BCUT2D eigenvalue weighted by molar-refractivity contribution is 6.04. The van der Waals surface area contributed by atoms with Gasteiger partial charge in [0.1, 0.15) is 11.5 Å². The summed E-state index contributed by atoms with van der Waals surface area (Å²) in [6.45, 7) is 2.55. The lowest BCUT2D eigenvalue weighted by atomic mass is 10.1. The van der Waals surface area contributed by atoms with Crippen LogP contribution in [-0.4, -0.2) is 23.1 Å². The first-order chi connectivity index (χ1) is 12.6. The Morgan fingerprint density at radius 2 is 1.54 bits per heavy atom. The molecule has 0 aliphatic carbocycles. The molecule has 2 heterocycles. The third-order valence-electron chi connectivity index (χ3n) is 3.87. The van der Waals surface area contributed by atoms with Crippen LogP contribution in [0.15, 0.2) is 69.9 Å². The molecule has 1 N–H and O–H groups in total. The summed E-state index contributed by atoms with van der Waals surface area (Å²) in [6.07, 6.45) is 3.20. The average molecular weight is 352 g/mol. The minimum Gasteiger partial charge on any atom is -0.468 e. The summed E-state index contributed by atoms with van der Waals surface area (Å²) in [7, 11) is 0. The molecular formula is C20H20N2O4. The summed E-state index contributed by atoms with van der Waals surface area (Å²) in [5, 5.41) is 2.82. The number of Topliss-reactive ketones (excluding diaryl/α,β-unsaturated/α-hetero) is 1. The van der Waals surface area contributed by atoms with Gasteiger partial charge in [-0.15, -0.1) is 0 Å². The van der Waals surface area contributed by atoms with Crippen molar-refractivity contribution < 1.29 is 18.4 Å². The van der Waals surface area contributed by atoms with Gasteiger partial charge in [-0.05, 0) is 43.3 Å². The van der Waals surface area contributed by atoms with Crippen molar-refractivity contribution in [3.63, 3.8) is 0 Å². The topological polar surface area (TPSA) is 75.7 Å². The van der Waals surface area contributed by atoms with Crippen molar-refractivity contribution in [3.05, 3.63) is 78.1 Å². The van der Waals surface area contributed by atoms with Crippen LogP contribution in [0, 0.1) is 0 Å². The van der Waals surface area contributed by atoms with Crippen molar-refractivity contribution in [1.29, 1.82) is 0 Å². The lowest BCUT2D eigenvalue weighted by Gasteiger charge is -2.20. The molecule has 0 radical (unpaired) electrons. The Kier molecular flexibility index (Phi) is 5.66. The first-order valence-corrected chi connectivity index (χ1v) is 8.29. The summed E-state index contributed by atoms with van der Waals surface area (Å²) >= 11 is 0. The van der Waals surface area contributed by atoms with Gasteiger partial charge in [0.2, 0.25) is 5.91 Å². The minimum atomic E-state index is -0.211. The van der Waals surface area contributed by atoms with Crippen molar-refractivity contribution in [2.75, 3.05) is 11.9 Å². The zero-order valence-electron chi connectivity index (χ0n) is 14.5. The maximum atomic E-state index is 12.5. The van der Waals surface area contributed by atoms with Crippen molar-refractivity contribution in [1.82, 2.24) is 4.90 Å². The standard InChI is InChI=1S/C20H20N2O4/c1-15(23)18-8-2-3-9-19(18)21-20(24)14-22(12-16-6-4-10-25-16)13-17-7-5-11-26-17/h2-11H,12-14H2,1H3,(H,21,24). The number of carbonyl (C=O) groups is 2. The molecule has 26 heavy (non-hydrogen) atoms. The lowest BCUT2D eigenvalue weighted by molar-refractivity contribution is -0.117. The van der Waals surface area contributed by atoms with E-state index in [1.165, 1.54) is 6.92 Å². The van der Waals surface area contributed by atoms with Crippen LogP contribution in [0.5, 0.6) is 0 Å². The highest BCUT2D eigenvalue weighted by Crippen LogP contribution is 2.16. The molecule has 0 saturated heterocycles. The van der Waals surface area contributed by atoms with Crippen LogP contribution in [0.4, 0.5) is 5.69 Å². The number of para-hydroxylation sites is 1. The fourth-order valence-corrected chi connectivity index (χ4v) is 2.71. The Bertz CT molecular complexity index is 818. The van der Waals surface area contributed by atoms with E-state index < -0.39 is 0 Å². The fraction of sp³-hybridized carbons (Fsp3) is 0.200. The van der Waals surface area contributed by atoms with E-state index in [1.807, 2.05) is 29.2 Å². The average Bonchev–Trinajstić information content (AvgIpc) is 3.29. The number of carbonyl (C=O) groups excluding carboxylic acids is 2. The number of rotatable bonds is 8. The molecule has 3 rings (SSSR count). The number of nitrogens with zero attached hydrogens (tertiary/aromatic N) is 1. The van der Waals surface area contributed by atoms with Gasteiger partial charge in [0.05, 0.1) is 37.8 Å². The van der Waals surface area contributed by atoms with Gasteiger partial charge in [-0.2, -0.15) is 0 Å². The second-order valence-corrected chi connectivity index (χ2v) is 5.95. The number of nitrogens with one attached hydrogen (secondary N) is 1. The quantitative estimate of drug-likeness (QED) is 0.625. The molecule has 0 atom stereocenters. The molecule has 6 heteroatoms. The molecule has 0 aliphatic rings. The van der Waals surface area contributed by atoms with Gasteiger partial charge in [-0.1, -0.05) is 12.1 Å². The van der Waals surface area contributed by atoms with E-state index in [4.69, 9.17) is 8.83 Å². The molecule has 0 unspecified atom stereocenters. The smallest absolute Gasteiger partial charge is 0.238 e. The molecule has 2 aromatic heterocycles. The highest BCUT2D eigenvalue weighted by Gasteiger charge is 2.16. The molecule has 1 aromatic carbocycles. The predicted molar refractivity (Wildman–Crippen MR) is 96.6 cm³/mol. The number of amides is 1. The zero-order valence-corrected chi connectivity index (χ0v) is 14.5. The normalized spacial score (nSPS) is 10.8. The van der Waals surface area contributed by atoms with Crippen LogP contribution >= 0.6 is 0 Å². The molecule has 0 spiro atoms. The van der Waals surface area contributed by atoms with E-state index in [0.717, 1.165) is 11.5 Å². The third kappa shape index (κ3) is 4.70. The SMILES string of the molecule is CC(=O)c1ccccc1NC(=O)CN(Cc1ccco1)Cc1ccco1. The van der Waals surface area contributed by atoms with Gasteiger partial charge in [0.25, 0.3) is 0 Å². The molecule has 0 fully saturated rings. The Hall–Kier alpha value is -3.12.